The molecule has 0 aliphatic rings. The third-order valence-corrected chi connectivity index (χ3v) is 3.04. The van der Waals surface area contributed by atoms with Crippen LogP contribution in [-0.2, 0) is 0 Å². The minimum absolute atomic E-state index is 0.0215. The van der Waals surface area contributed by atoms with Crippen molar-refractivity contribution in [1.29, 1.82) is 0 Å². The Hall–Kier alpha value is -0.340. The first-order valence-electron chi connectivity index (χ1n) is 4.02. The molecule has 0 aromatic heterocycles. The lowest BCUT2D eigenvalue weighted by molar-refractivity contribution is 0.0939. The van der Waals surface area contributed by atoms with Crippen LogP contribution in [0.3, 0.4) is 0 Å². The van der Waals surface area contributed by atoms with E-state index in [1.807, 2.05) is 26.0 Å². The number of Topliss-reactive ketones (excluding diaryl/α,β-unsaturated/α-hetero) is 1. The average molecular weight is 262 g/mol. The maximum atomic E-state index is 11.6. The zero-order chi connectivity index (χ0) is 10.0. The van der Waals surface area contributed by atoms with Crippen LogP contribution in [0, 0.1) is 5.92 Å². The summed E-state index contributed by atoms with van der Waals surface area (Å²) in [6, 6.07) is 5.38. The van der Waals surface area contributed by atoms with E-state index in [-0.39, 0.29) is 11.7 Å². The minimum atomic E-state index is -0.0215. The molecule has 13 heavy (non-hydrogen) atoms. The molecule has 0 amide bonds. The van der Waals surface area contributed by atoms with Crippen molar-refractivity contribution >= 4 is 33.3 Å². The summed E-state index contributed by atoms with van der Waals surface area (Å²) in [7, 11) is 0. The maximum absolute atomic E-state index is 11.6. The lowest BCUT2D eigenvalue weighted by Gasteiger charge is -2.06. The summed E-state index contributed by atoms with van der Waals surface area (Å²) >= 11 is 9.24. The molecule has 3 heteroatoms. The van der Waals surface area contributed by atoms with Gasteiger partial charge in [0.05, 0.1) is 5.02 Å². The molecule has 0 aliphatic heterocycles. The molecule has 0 unspecified atom stereocenters. The van der Waals surface area contributed by atoms with E-state index in [9.17, 15) is 4.79 Å². The predicted octanol–water partition coefficient (Wildman–Crippen LogP) is 3.94. The number of benzene rings is 1. The molecule has 1 rings (SSSR count). The number of ketones is 1. The quantitative estimate of drug-likeness (QED) is 0.737. The van der Waals surface area contributed by atoms with Gasteiger partial charge in [-0.25, -0.2) is 0 Å². The van der Waals surface area contributed by atoms with E-state index in [1.165, 1.54) is 0 Å². The van der Waals surface area contributed by atoms with Gasteiger partial charge in [0.2, 0.25) is 0 Å². The van der Waals surface area contributed by atoms with Crippen LogP contribution in [0.1, 0.15) is 24.2 Å². The summed E-state index contributed by atoms with van der Waals surface area (Å²) in [6.07, 6.45) is 0. The Morgan fingerprint density at radius 1 is 1.46 bits per heavy atom. The number of carbonyl (C=O) groups excluding carboxylic acids is 1. The third kappa shape index (κ3) is 2.32. The fourth-order valence-corrected chi connectivity index (χ4v) is 1.59. The molecule has 0 radical (unpaired) electrons. The Labute approximate surface area is 91.2 Å². The van der Waals surface area contributed by atoms with Gasteiger partial charge >= 0.3 is 0 Å². The molecule has 1 aromatic rings. The van der Waals surface area contributed by atoms with Crippen LogP contribution in [0.4, 0.5) is 0 Å². The normalized spacial score (nSPS) is 10.5. The molecular weight excluding hydrogens is 251 g/mol. The Morgan fingerprint density at radius 2 is 2.08 bits per heavy atom. The molecule has 0 aliphatic carbocycles. The summed E-state index contributed by atoms with van der Waals surface area (Å²) < 4.78 is 0.765. The standard InChI is InChI=1S/C10H10BrClO/c1-6(2)10(13)7-4-3-5-8(11)9(7)12/h3-6H,1-2H3. The Morgan fingerprint density at radius 3 is 2.62 bits per heavy atom. The fourth-order valence-electron chi connectivity index (χ4n) is 1.01. The van der Waals surface area contributed by atoms with Gasteiger partial charge in [0.15, 0.2) is 5.78 Å². The highest BCUT2D eigenvalue weighted by molar-refractivity contribution is 9.10. The van der Waals surface area contributed by atoms with Gasteiger partial charge in [-0.3, -0.25) is 4.79 Å². The zero-order valence-electron chi connectivity index (χ0n) is 7.47. The predicted molar refractivity (Wildman–Crippen MR) is 58.3 cm³/mol. The highest BCUT2D eigenvalue weighted by Crippen LogP contribution is 2.27. The summed E-state index contributed by atoms with van der Waals surface area (Å²) in [5.41, 5.74) is 0.589. The van der Waals surface area contributed by atoms with Gasteiger partial charge in [0, 0.05) is 16.0 Å². The molecule has 0 heterocycles. The smallest absolute Gasteiger partial charge is 0.166 e. The van der Waals surface area contributed by atoms with Gasteiger partial charge < -0.3 is 0 Å². The Balaban J connectivity index is 3.15. The summed E-state index contributed by atoms with van der Waals surface area (Å²) in [5.74, 6) is 0.0538. The first-order chi connectivity index (χ1) is 6.04. The average Bonchev–Trinajstić information content (AvgIpc) is 2.08. The van der Waals surface area contributed by atoms with E-state index in [2.05, 4.69) is 15.9 Å². The van der Waals surface area contributed by atoms with Crippen LogP contribution in [0.5, 0.6) is 0 Å². The van der Waals surface area contributed by atoms with Crippen molar-refractivity contribution < 1.29 is 4.79 Å². The van der Waals surface area contributed by atoms with Crippen molar-refractivity contribution in [2.24, 2.45) is 5.92 Å². The van der Waals surface area contributed by atoms with E-state index in [0.29, 0.717) is 10.6 Å². The Bertz CT molecular complexity index is 334. The van der Waals surface area contributed by atoms with Gasteiger partial charge in [0.1, 0.15) is 0 Å². The van der Waals surface area contributed by atoms with Crippen LogP contribution in [0.25, 0.3) is 0 Å². The highest BCUT2D eigenvalue weighted by Gasteiger charge is 2.14. The lowest BCUT2D eigenvalue weighted by Crippen LogP contribution is -2.07. The van der Waals surface area contributed by atoms with E-state index < -0.39 is 0 Å². The van der Waals surface area contributed by atoms with E-state index in [0.717, 1.165) is 4.47 Å². The number of hydrogen-bond acceptors (Lipinski definition) is 1. The molecule has 0 spiro atoms. The number of rotatable bonds is 2. The molecular formula is C10H10BrClO. The molecule has 70 valence electrons. The molecule has 0 atom stereocenters. The Kier molecular flexibility index (Phi) is 3.51. The maximum Gasteiger partial charge on any atom is 0.166 e. The molecule has 0 saturated heterocycles. The van der Waals surface area contributed by atoms with Crippen LogP contribution in [-0.4, -0.2) is 5.78 Å². The first kappa shape index (κ1) is 10.7. The largest absolute Gasteiger partial charge is 0.294 e. The van der Waals surface area contributed by atoms with Gasteiger partial charge in [-0.05, 0) is 28.1 Å². The van der Waals surface area contributed by atoms with E-state index >= 15 is 0 Å². The second-order valence-corrected chi connectivity index (χ2v) is 4.35. The lowest BCUT2D eigenvalue weighted by atomic mass is 10.0. The third-order valence-electron chi connectivity index (χ3n) is 1.74. The topological polar surface area (TPSA) is 17.1 Å². The van der Waals surface area contributed by atoms with Crippen LogP contribution in [0.15, 0.2) is 22.7 Å². The second kappa shape index (κ2) is 4.25. The molecule has 0 fully saturated rings. The number of carbonyl (C=O) groups is 1. The monoisotopic (exact) mass is 260 g/mol. The van der Waals surface area contributed by atoms with Crippen molar-refractivity contribution in [2.45, 2.75) is 13.8 Å². The van der Waals surface area contributed by atoms with Gasteiger partial charge in [0.25, 0.3) is 0 Å². The molecule has 0 saturated carbocycles. The van der Waals surface area contributed by atoms with E-state index in [4.69, 9.17) is 11.6 Å². The fraction of sp³-hybridized carbons (Fsp3) is 0.300. The van der Waals surface area contributed by atoms with Crippen molar-refractivity contribution in [2.75, 3.05) is 0 Å². The number of halogens is 2. The summed E-state index contributed by atoms with van der Waals surface area (Å²) in [4.78, 5) is 11.6. The van der Waals surface area contributed by atoms with Crippen molar-refractivity contribution in [3.8, 4) is 0 Å². The zero-order valence-corrected chi connectivity index (χ0v) is 9.82. The van der Waals surface area contributed by atoms with Crippen molar-refractivity contribution in [1.82, 2.24) is 0 Å². The molecule has 0 N–H and O–H groups in total. The van der Waals surface area contributed by atoms with Gasteiger partial charge in [-0.15, -0.1) is 0 Å². The van der Waals surface area contributed by atoms with Crippen molar-refractivity contribution in [3.05, 3.63) is 33.3 Å². The molecule has 0 bridgehead atoms. The van der Waals surface area contributed by atoms with Gasteiger partial charge in [-0.2, -0.15) is 0 Å². The second-order valence-electron chi connectivity index (χ2n) is 3.12. The van der Waals surface area contributed by atoms with Crippen LogP contribution >= 0.6 is 27.5 Å². The highest BCUT2D eigenvalue weighted by atomic mass is 79.9. The van der Waals surface area contributed by atoms with E-state index in [1.54, 1.807) is 6.07 Å². The minimum Gasteiger partial charge on any atom is -0.294 e. The molecule has 1 nitrogen and oxygen atoms in total. The van der Waals surface area contributed by atoms with Crippen molar-refractivity contribution in [3.63, 3.8) is 0 Å². The SMILES string of the molecule is CC(C)C(=O)c1cccc(Br)c1Cl. The number of hydrogen-bond donors (Lipinski definition) is 0. The first-order valence-corrected chi connectivity index (χ1v) is 5.19. The summed E-state index contributed by atoms with van der Waals surface area (Å²) in [5, 5.41) is 0.501. The van der Waals surface area contributed by atoms with Crippen LogP contribution in [0.2, 0.25) is 5.02 Å². The van der Waals surface area contributed by atoms with Crippen LogP contribution < -0.4 is 0 Å². The van der Waals surface area contributed by atoms with Gasteiger partial charge in [-0.1, -0.05) is 31.5 Å². The summed E-state index contributed by atoms with van der Waals surface area (Å²) in [6.45, 7) is 3.72. The molecule has 1 aromatic carbocycles.